The van der Waals surface area contributed by atoms with Gasteiger partial charge in [0.15, 0.2) is 0 Å². The third kappa shape index (κ3) is 5.32. The summed E-state index contributed by atoms with van der Waals surface area (Å²) in [5.41, 5.74) is 3.45. The number of hydrogen-bond acceptors (Lipinski definition) is 7. The number of amides is 2. The molecule has 1 saturated heterocycles. The van der Waals surface area contributed by atoms with Gasteiger partial charge < -0.3 is 20.3 Å². The van der Waals surface area contributed by atoms with E-state index in [2.05, 4.69) is 25.6 Å². The second kappa shape index (κ2) is 10.6. The number of hydrogen-bond donors (Lipinski definition) is 2. The highest BCUT2D eigenvalue weighted by molar-refractivity contribution is 6.33. The number of nitrogens with zero attached hydrogens (tertiary/aromatic N) is 4. The zero-order valence-corrected chi connectivity index (χ0v) is 20.7. The van der Waals surface area contributed by atoms with Gasteiger partial charge in [-0.15, -0.1) is 0 Å². The van der Waals surface area contributed by atoms with Gasteiger partial charge >= 0.3 is 0 Å². The molecule has 3 aromatic rings. The molecule has 0 bridgehead atoms. The fourth-order valence-electron chi connectivity index (χ4n) is 4.47. The number of carbonyl (C=O) groups is 2. The van der Waals surface area contributed by atoms with Crippen LogP contribution in [0.4, 0.5) is 5.95 Å². The van der Waals surface area contributed by atoms with Crippen molar-refractivity contribution < 1.29 is 14.3 Å². The first kappa shape index (κ1) is 24.1. The zero-order chi connectivity index (χ0) is 25.1. The average molecular weight is 507 g/mol. The zero-order valence-electron chi connectivity index (χ0n) is 19.9. The predicted molar refractivity (Wildman–Crippen MR) is 135 cm³/mol. The standard InChI is InChI=1S/C26H27ClN6O3/c1-16(22-4-2-3-9-28-22)30-23(34)15-33-14-18-6-5-17(12-20(18)25(33)35)24-21(27)13-29-26(32-24)31-19-7-10-36-11-8-19/h2-6,9,12-13,16,19H,7-8,10-11,14-15H2,1H3,(H,30,34)(H,29,31,32)/t16-/m1/s1. The SMILES string of the molecule is C[C@@H](NC(=O)CN1Cc2ccc(-c3nc(NC4CCOCC4)ncc3Cl)cc2C1=O)c1ccccn1. The molecule has 2 aliphatic heterocycles. The summed E-state index contributed by atoms with van der Waals surface area (Å²) in [6.45, 7) is 3.62. The van der Waals surface area contributed by atoms with Gasteiger partial charge in [-0.1, -0.05) is 29.8 Å². The molecule has 0 aliphatic carbocycles. The van der Waals surface area contributed by atoms with E-state index in [1.165, 1.54) is 4.90 Å². The van der Waals surface area contributed by atoms with Crippen LogP contribution in [0.3, 0.4) is 0 Å². The lowest BCUT2D eigenvalue weighted by molar-refractivity contribution is -0.122. The monoisotopic (exact) mass is 506 g/mol. The number of benzene rings is 1. The maximum Gasteiger partial charge on any atom is 0.254 e. The van der Waals surface area contributed by atoms with Gasteiger partial charge in [0.05, 0.1) is 28.6 Å². The molecule has 0 unspecified atom stereocenters. The van der Waals surface area contributed by atoms with Crippen molar-refractivity contribution in [2.45, 2.75) is 38.4 Å². The molecule has 9 nitrogen and oxygen atoms in total. The fourth-order valence-corrected chi connectivity index (χ4v) is 4.67. The number of rotatable bonds is 7. The number of halogens is 1. The smallest absolute Gasteiger partial charge is 0.254 e. The molecule has 10 heteroatoms. The Hall–Kier alpha value is -3.56. The Kier molecular flexibility index (Phi) is 7.11. The van der Waals surface area contributed by atoms with Gasteiger partial charge in [0.25, 0.3) is 5.91 Å². The van der Waals surface area contributed by atoms with E-state index in [1.54, 1.807) is 18.5 Å². The van der Waals surface area contributed by atoms with Crippen molar-refractivity contribution in [3.63, 3.8) is 0 Å². The number of nitrogens with one attached hydrogen (secondary N) is 2. The third-order valence-electron chi connectivity index (χ3n) is 6.40. The molecule has 1 fully saturated rings. The number of aromatic nitrogens is 3. The molecule has 0 saturated carbocycles. The van der Waals surface area contributed by atoms with E-state index in [-0.39, 0.29) is 30.4 Å². The Bertz CT molecular complexity index is 1270. The second-order valence-corrected chi connectivity index (χ2v) is 9.41. The molecule has 1 aromatic carbocycles. The van der Waals surface area contributed by atoms with Gasteiger partial charge in [0, 0.05) is 43.1 Å². The number of anilines is 1. The summed E-state index contributed by atoms with van der Waals surface area (Å²) in [6, 6.07) is 11.1. The van der Waals surface area contributed by atoms with Crippen LogP contribution in [0.5, 0.6) is 0 Å². The van der Waals surface area contributed by atoms with Crippen LogP contribution in [0, 0.1) is 0 Å². The molecule has 5 rings (SSSR count). The van der Waals surface area contributed by atoms with Crippen molar-refractivity contribution in [2.24, 2.45) is 0 Å². The van der Waals surface area contributed by atoms with Crippen LogP contribution < -0.4 is 10.6 Å². The summed E-state index contributed by atoms with van der Waals surface area (Å²) in [5, 5.41) is 6.66. The molecular weight excluding hydrogens is 480 g/mol. The van der Waals surface area contributed by atoms with Crippen LogP contribution in [0.1, 0.15) is 47.4 Å². The highest BCUT2D eigenvalue weighted by Crippen LogP contribution is 2.31. The minimum absolute atomic E-state index is 0.0343. The normalized spacial score (nSPS) is 16.5. The van der Waals surface area contributed by atoms with Crippen LogP contribution >= 0.6 is 11.6 Å². The molecule has 2 N–H and O–H groups in total. The van der Waals surface area contributed by atoms with E-state index >= 15 is 0 Å². The van der Waals surface area contributed by atoms with Crippen molar-refractivity contribution in [3.05, 3.63) is 70.6 Å². The van der Waals surface area contributed by atoms with Crippen LogP contribution in [-0.2, 0) is 16.1 Å². The first-order chi connectivity index (χ1) is 17.5. The fraction of sp³-hybridized carbons (Fsp3) is 0.346. The molecule has 4 heterocycles. The van der Waals surface area contributed by atoms with E-state index in [0.29, 0.717) is 42.0 Å². The Morgan fingerprint density at radius 2 is 2.06 bits per heavy atom. The number of fused-ring (bicyclic) bond motifs is 1. The van der Waals surface area contributed by atoms with Gasteiger partial charge in [-0.3, -0.25) is 14.6 Å². The van der Waals surface area contributed by atoms with Crippen LogP contribution in [0.15, 0.2) is 48.8 Å². The van der Waals surface area contributed by atoms with E-state index in [4.69, 9.17) is 16.3 Å². The topological polar surface area (TPSA) is 109 Å². The van der Waals surface area contributed by atoms with Gasteiger partial charge in [-0.05, 0) is 43.5 Å². The maximum absolute atomic E-state index is 13.1. The summed E-state index contributed by atoms with van der Waals surface area (Å²) < 4.78 is 5.41. The van der Waals surface area contributed by atoms with Crippen molar-refractivity contribution in [3.8, 4) is 11.3 Å². The van der Waals surface area contributed by atoms with Crippen LogP contribution in [0.25, 0.3) is 11.3 Å². The van der Waals surface area contributed by atoms with Gasteiger partial charge in [-0.2, -0.15) is 0 Å². The lowest BCUT2D eigenvalue weighted by Gasteiger charge is -2.23. The predicted octanol–water partition coefficient (Wildman–Crippen LogP) is 3.62. The molecular formula is C26H27ClN6O3. The maximum atomic E-state index is 13.1. The molecule has 2 aliphatic rings. The second-order valence-electron chi connectivity index (χ2n) is 9.00. The summed E-state index contributed by atoms with van der Waals surface area (Å²) in [5.74, 6) is 0.0591. The first-order valence-electron chi connectivity index (χ1n) is 12.0. The first-order valence-corrected chi connectivity index (χ1v) is 12.4. The van der Waals surface area contributed by atoms with E-state index in [0.717, 1.165) is 29.7 Å². The molecule has 2 aromatic heterocycles. The number of pyridine rings is 1. The van der Waals surface area contributed by atoms with Crippen molar-refractivity contribution in [2.75, 3.05) is 25.1 Å². The Morgan fingerprint density at radius 3 is 2.83 bits per heavy atom. The lowest BCUT2D eigenvalue weighted by Crippen LogP contribution is -2.38. The Balaban J connectivity index is 1.28. The van der Waals surface area contributed by atoms with Gasteiger partial charge in [0.1, 0.15) is 6.54 Å². The molecule has 186 valence electrons. The summed E-state index contributed by atoms with van der Waals surface area (Å²) in [7, 11) is 0. The van der Waals surface area contributed by atoms with Crippen molar-refractivity contribution >= 4 is 29.4 Å². The highest BCUT2D eigenvalue weighted by atomic mass is 35.5. The van der Waals surface area contributed by atoms with Crippen LogP contribution in [0.2, 0.25) is 5.02 Å². The molecule has 0 spiro atoms. The van der Waals surface area contributed by atoms with Crippen LogP contribution in [-0.4, -0.2) is 57.5 Å². The minimum Gasteiger partial charge on any atom is -0.381 e. The number of carbonyl (C=O) groups excluding carboxylic acids is 2. The van der Waals surface area contributed by atoms with Crippen molar-refractivity contribution in [1.82, 2.24) is 25.2 Å². The molecule has 0 radical (unpaired) electrons. The molecule has 1 atom stereocenters. The van der Waals surface area contributed by atoms with E-state index in [1.807, 2.05) is 37.3 Å². The summed E-state index contributed by atoms with van der Waals surface area (Å²) >= 11 is 6.43. The number of ether oxygens (including phenoxy) is 1. The average Bonchev–Trinajstić information content (AvgIpc) is 3.20. The highest BCUT2D eigenvalue weighted by Gasteiger charge is 2.30. The Morgan fingerprint density at radius 1 is 1.22 bits per heavy atom. The van der Waals surface area contributed by atoms with Gasteiger partial charge in [0.2, 0.25) is 11.9 Å². The largest absolute Gasteiger partial charge is 0.381 e. The Labute approximate surface area is 214 Å². The van der Waals surface area contributed by atoms with E-state index in [9.17, 15) is 9.59 Å². The third-order valence-corrected chi connectivity index (χ3v) is 6.68. The minimum atomic E-state index is -0.255. The van der Waals surface area contributed by atoms with Gasteiger partial charge in [-0.25, -0.2) is 9.97 Å². The summed E-state index contributed by atoms with van der Waals surface area (Å²) in [6.07, 6.45) is 5.03. The van der Waals surface area contributed by atoms with E-state index < -0.39 is 0 Å². The molecule has 2 amide bonds. The lowest BCUT2D eigenvalue weighted by atomic mass is 10.0. The molecule has 36 heavy (non-hydrogen) atoms. The van der Waals surface area contributed by atoms with Crippen molar-refractivity contribution in [1.29, 1.82) is 0 Å². The quantitative estimate of drug-likeness (QED) is 0.503. The summed E-state index contributed by atoms with van der Waals surface area (Å²) in [4.78, 5) is 40.5.